The van der Waals surface area contributed by atoms with Gasteiger partial charge >= 0.3 is 5.97 Å². The molecule has 2 aromatic rings. The predicted octanol–water partition coefficient (Wildman–Crippen LogP) is 1.70. The minimum absolute atomic E-state index is 0.0613. The molecule has 0 bridgehead atoms. The van der Waals surface area contributed by atoms with Gasteiger partial charge in [0.15, 0.2) is 0 Å². The Bertz CT molecular complexity index is 658. The molecule has 0 saturated heterocycles. The van der Waals surface area contributed by atoms with Gasteiger partial charge in [0.1, 0.15) is 5.76 Å². The lowest BCUT2D eigenvalue weighted by Gasteiger charge is -2.11. The molecule has 0 spiro atoms. The summed E-state index contributed by atoms with van der Waals surface area (Å²) in [6.45, 7) is 0. The van der Waals surface area contributed by atoms with Gasteiger partial charge in [0.05, 0.1) is 17.5 Å². The number of hydrogen-bond donors (Lipinski definition) is 2. The molecule has 6 heteroatoms. The van der Waals surface area contributed by atoms with E-state index in [0.29, 0.717) is 5.76 Å². The molecular weight excluding hydrogens is 262 g/mol. The van der Waals surface area contributed by atoms with Crippen LogP contribution in [0.4, 0.5) is 5.69 Å². The molecule has 1 amide bonds. The van der Waals surface area contributed by atoms with Crippen LogP contribution in [0.1, 0.15) is 16.1 Å². The molecule has 0 aliphatic rings. The number of carboxylic acid groups (broad SMARTS) is 1. The summed E-state index contributed by atoms with van der Waals surface area (Å²) in [5.74, 6) is -1.75. The zero-order chi connectivity index (χ0) is 14.5. The monoisotopic (exact) mass is 272 g/mol. The number of carbonyl (C=O) groups excluding carboxylic acids is 1. The summed E-state index contributed by atoms with van der Waals surface area (Å²) in [5.41, 5.74) is -0.191. The van der Waals surface area contributed by atoms with Crippen molar-refractivity contribution >= 4 is 23.6 Å². The molecule has 2 rings (SSSR count). The zero-order valence-electron chi connectivity index (χ0n) is 10.2. The van der Waals surface area contributed by atoms with Gasteiger partial charge in [0.2, 0.25) is 5.91 Å². The minimum atomic E-state index is -1.28. The van der Waals surface area contributed by atoms with E-state index in [-0.39, 0.29) is 11.3 Å². The Morgan fingerprint density at radius 3 is 2.75 bits per heavy atom. The molecule has 0 aliphatic carbocycles. The van der Waals surface area contributed by atoms with Gasteiger partial charge in [-0.2, -0.15) is 0 Å². The number of aromatic carboxylic acids is 1. The van der Waals surface area contributed by atoms with E-state index >= 15 is 0 Å². The first-order chi connectivity index (χ1) is 9.56. The molecule has 0 saturated carbocycles. The quantitative estimate of drug-likeness (QED) is 0.824. The topological polar surface area (TPSA) is 103 Å². The van der Waals surface area contributed by atoms with Crippen LogP contribution in [0, 0.1) is 0 Å². The highest BCUT2D eigenvalue weighted by atomic mass is 16.4. The van der Waals surface area contributed by atoms with E-state index in [9.17, 15) is 14.7 Å². The Morgan fingerprint density at radius 2 is 2.10 bits per heavy atom. The molecule has 1 aromatic carbocycles. The number of hydrogen-bond acceptors (Lipinski definition) is 4. The third-order valence-electron chi connectivity index (χ3n) is 2.42. The van der Waals surface area contributed by atoms with Crippen LogP contribution in [0.3, 0.4) is 0 Å². The molecule has 20 heavy (non-hydrogen) atoms. The van der Waals surface area contributed by atoms with Crippen molar-refractivity contribution in [1.82, 2.24) is 0 Å². The number of nitrogens with one attached hydrogen (secondary N) is 1. The van der Waals surface area contributed by atoms with Gasteiger partial charge in [0, 0.05) is 6.08 Å². The van der Waals surface area contributed by atoms with Crippen molar-refractivity contribution in [1.29, 1.82) is 0 Å². The lowest BCUT2D eigenvalue weighted by atomic mass is 10.1. The second-order valence-corrected chi connectivity index (χ2v) is 3.85. The number of amides is 1. The lowest BCUT2D eigenvalue weighted by molar-refractivity contribution is -0.268. The SMILES string of the molecule is O=C(/C=C/c1ccco1)Nc1ccc([O-])cc1C(=O)O. The van der Waals surface area contributed by atoms with Crippen molar-refractivity contribution in [2.75, 3.05) is 5.32 Å². The summed E-state index contributed by atoms with van der Waals surface area (Å²) in [6.07, 6.45) is 4.11. The van der Waals surface area contributed by atoms with Gasteiger partial charge in [-0.1, -0.05) is 12.1 Å². The number of rotatable bonds is 4. The summed E-state index contributed by atoms with van der Waals surface area (Å²) in [4.78, 5) is 22.6. The van der Waals surface area contributed by atoms with Crippen LogP contribution in [-0.4, -0.2) is 17.0 Å². The molecule has 0 aliphatic heterocycles. The molecule has 0 atom stereocenters. The van der Waals surface area contributed by atoms with Crippen molar-refractivity contribution in [3.8, 4) is 5.75 Å². The maximum absolute atomic E-state index is 11.7. The van der Waals surface area contributed by atoms with E-state index < -0.39 is 17.6 Å². The highest BCUT2D eigenvalue weighted by Gasteiger charge is 2.10. The van der Waals surface area contributed by atoms with Crippen LogP contribution in [0.15, 0.2) is 47.1 Å². The molecular formula is C14H10NO5-. The van der Waals surface area contributed by atoms with Gasteiger partial charge in [-0.15, -0.1) is 5.75 Å². The molecule has 0 unspecified atom stereocenters. The first-order valence-electron chi connectivity index (χ1n) is 5.63. The van der Waals surface area contributed by atoms with Gasteiger partial charge < -0.3 is 19.9 Å². The zero-order valence-corrected chi connectivity index (χ0v) is 10.2. The number of furan rings is 1. The molecule has 102 valence electrons. The fourth-order valence-corrected chi connectivity index (χ4v) is 1.53. The van der Waals surface area contributed by atoms with Crippen LogP contribution in [0.25, 0.3) is 6.08 Å². The second kappa shape index (κ2) is 5.75. The van der Waals surface area contributed by atoms with Gasteiger partial charge in [0.25, 0.3) is 0 Å². The van der Waals surface area contributed by atoms with Crippen LogP contribution < -0.4 is 10.4 Å². The Balaban J connectivity index is 2.13. The van der Waals surface area contributed by atoms with Crippen molar-refractivity contribution in [2.45, 2.75) is 0 Å². The number of carbonyl (C=O) groups is 2. The normalized spacial score (nSPS) is 10.6. The molecule has 0 radical (unpaired) electrons. The molecule has 6 nitrogen and oxygen atoms in total. The first kappa shape index (κ1) is 13.4. The first-order valence-corrected chi connectivity index (χ1v) is 5.63. The average molecular weight is 272 g/mol. The summed E-state index contributed by atoms with van der Waals surface area (Å²) in [6, 6.07) is 6.72. The van der Waals surface area contributed by atoms with E-state index in [1.165, 1.54) is 30.5 Å². The standard InChI is InChI=1S/C14H11NO5/c16-9-3-5-12(11(8-9)14(18)19)15-13(17)6-4-10-2-1-7-20-10/h1-8,16H,(H,15,17)(H,18,19)/p-1/b6-4+. The van der Waals surface area contributed by atoms with Crippen molar-refractivity contribution in [2.24, 2.45) is 0 Å². The fraction of sp³-hybridized carbons (Fsp3) is 0. The predicted molar refractivity (Wildman–Crippen MR) is 69.2 cm³/mol. The smallest absolute Gasteiger partial charge is 0.337 e. The maximum atomic E-state index is 11.7. The van der Waals surface area contributed by atoms with Crippen LogP contribution in [-0.2, 0) is 4.79 Å². The van der Waals surface area contributed by atoms with Crippen LogP contribution >= 0.6 is 0 Å². The Hall–Kier alpha value is -3.02. The molecule has 1 heterocycles. The van der Waals surface area contributed by atoms with Gasteiger partial charge in [-0.05, 0) is 24.3 Å². The number of anilines is 1. The molecule has 0 fully saturated rings. The van der Waals surface area contributed by atoms with Crippen LogP contribution in [0.5, 0.6) is 5.75 Å². The second-order valence-electron chi connectivity index (χ2n) is 3.85. The maximum Gasteiger partial charge on any atom is 0.337 e. The van der Waals surface area contributed by atoms with Gasteiger partial charge in [-0.3, -0.25) is 4.79 Å². The minimum Gasteiger partial charge on any atom is -0.872 e. The lowest BCUT2D eigenvalue weighted by Crippen LogP contribution is -2.12. The number of benzene rings is 1. The van der Waals surface area contributed by atoms with Crippen molar-refractivity contribution < 1.29 is 24.2 Å². The van der Waals surface area contributed by atoms with Crippen LogP contribution in [0.2, 0.25) is 0 Å². The average Bonchev–Trinajstić information content (AvgIpc) is 2.91. The largest absolute Gasteiger partial charge is 0.872 e. The van der Waals surface area contributed by atoms with Crippen molar-refractivity contribution in [3.63, 3.8) is 0 Å². The third-order valence-corrected chi connectivity index (χ3v) is 2.42. The highest BCUT2D eigenvalue weighted by Crippen LogP contribution is 2.19. The van der Waals surface area contributed by atoms with Crippen molar-refractivity contribution in [3.05, 3.63) is 54.0 Å². The van der Waals surface area contributed by atoms with E-state index in [0.717, 1.165) is 6.07 Å². The Labute approximate surface area is 114 Å². The molecule has 2 N–H and O–H groups in total. The Morgan fingerprint density at radius 1 is 1.30 bits per heavy atom. The Kier molecular flexibility index (Phi) is 3.85. The summed E-state index contributed by atoms with van der Waals surface area (Å²) in [5, 5.41) is 22.5. The summed E-state index contributed by atoms with van der Waals surface area (Å²) in [7, 11) is 0. The van der Waals surface area contributed by atoms with E-state index in [1.54, 1.807) is 12.1 Å². The third kappa shape index (κ3) is 3.26. The fourth-order valence-electron chi connectivity index (χ4n) is 1.53. The van der Waals surface area contributed by atoms with E-state index in [2.05, 4.69) is 5.32 Å². The van der Waals surface area contributed by atoms with E-state index in [4.69, 9.17) is 9.52 Å². The summed E-state index contributed by atoms with van der Waals surface area (Å²) >= 11 is 0. The molecule has 1 aromatic heterocycles. The summed E-state index contributed by atoms with van der Waals surface area (Å²) < 4.78 is 5.01. The van der Waals surface area contributed by atoms with Gasteiger partial charge in [-0.25, -0.2) is 4.79 Å². The van der Waals surface area contributed by atoms with E-state index in [1.807, 2.05) is 0 Å². The highest BCUT2D eigenvalue weighted by molar-refractivity contribution is 6.06. The number of carboxylic acids is 1.